The van der Waals surface area contributed by atoms with Gasteiger partial charge in [0.1, 0.15) is 18.2 Å². The minimum absolute atomic E-state index is 0.517. The number of hydrogen-bond acceptors (Lipinski definition) is 4. The van der Waals surface area contributed by atoms with Gasteiger partial charge in [0.25, 0.3) is 0 Å². The monoisotopic (exact) mass is 351 g/mol. The summed E-state index contributed by atoms with van der Waals surface area (Å²) in [7, 11) is 0. The Hall–Kier alpha value is -2.33. The van der Waals surface area contributed by atoms with Crippen molar-refractivity contribution in [2.75, 3.05) is 18.9 Å². The highest BCUT2D eigenvalue weighted by Gasteiger charge is 2.18. The standard InChI is InChI=1S/C22H29N3O/c1-15(2)25(16(3)4)13-14-26-21-12-11-18(17-7-5-8-19(17)21)20-9-6-10-22(23)24-20/h5-7,9-12,15-16H,8,13-14H2,1-4H3,(H2,23,24). The molecule has 1 aromatic carbocycles. The van der Waals surface area contributed by atoms with Crippen molar-refractivity contribution in [3.63, 3.8) is 0 Å². The lowest BCUT2D eigenvalue weighted by atomic mass is 9.99. The first-order valence-corrected chi connectivity index (χ1v) is 9.41. The van der Waals surface area contributed by atoms with E-state index in [1.165, 1.54) is 11.1 Å². The minimum atomic E-state index is 0.517. The van der Waals surface area contributed by atoms with Gasteiger partial charge >= 0.3 is 0 Å². The zero-order valence-electron chi connectivity index (χ0n) is 16.2. The van der Waals surface area contributed by atoms with E-state index in [1.54, 1.807) is 0 Å². The third-order valence-corrected chi connectivity index (χ3v) is 4.90. The molecule has 4 nitrogen and oxygen atoms in total. The van der Waals surface area contributed by atoms with Crippen molar-refractivity contribution >= 4 is 11.9 Å². The van der Waals surface area contributed by atoms with Crippen LogP contribution in [0.2, 0.25) is 0 Å². The maximum Gasteiger partial charge on any atom is 0.124 e. The number of fused-ring (bicyclic) bond motifs is 1. The fourth-order valence-corrected chi connectivity index (χ4v) is 3.67. The second-order valence-electron chi connectivity index (χ2n) is 7.33. The quantitative estimate of drug-likeness (QED) is 0.803. The van der Waals surface area contributed by atoms with E-state index in [2.05, 4.69) is 61.9 Å². The number of nitrogens with zero attached hydrogens (tertiary/aromatic N) is 2. The van der Waals surface area contributed by atoms with Crippen molar-refractivity contribution in [3.8, 4) is 17.0 Å². The van der Waals surface area contributed by atoms with Gasteiger partial charge in [-0.1, -0.05) is 18.2 Å². The molecule has 0 radical (unpaired) electrons. The molecular formula is C22H29N3O. The number of nitrogen functional groups attached to an aromatic ring is 1. The Morgan fingerprint density at radius 3 is 2.58 bits per heavy atom. The first-order valence-electron chi connectivity index (χ1n) is 9.41. The van der Waals surface area contributed by atoms with Crippen LogP contribution in [0.5, 0.6) is 5.75 Å². The van der Waals surface area contributed by atoms with Gasteiger partial charge in [0.2, 0.25) is 0 Å². The largest absolute Gasteiger partial charge is 0.492 e. The van der Waals surface area contributed by atoms with Gasteiger partial charge in [-0.15, -0.1) is 0 Å². The van der Waals surface area contributed by atoms with E-state index in [1.807, 2.05) is 18.2 Å². The number of rotatable bonds is 7. The number of hydrogen-bond donors (Lipinski definition) is 1. The van der Waals surface area contributed by atoms with Crippen molar-refractivity contribution in [2.24, 2.45) is 0 Å². The molecule has 0 atom stereocenters. The van der Waals surface area contributed by atoms with Crippen molar-refractivity contribution in [3.05, 3.63) is 47.5 Å². The molecule has 0 amide bonds. The third-order valence-electron chi connectivity index (χ3n) is 4.90. The first-order chi connectivity index (χ1) is 12.5. The second kappa shape index (κ2) is 7.92. The highest BCUT2D eigenvalue weighted by molar-refractivity contribution is 5.80. The molecule has 0 unspecified atom stereocenters. The minimum Gasteiger partial charge on any atom is -0.492 e. The molecule has 1 aromatic heterocycles. The Kier molecular flexibility index (Phi) is 5.62. The molecule has 1 heterocycles. The van der Waals surface area contributed by atoms with Gasteiger partial charge in [-0.25, -0.2) is 4.98 Å². The molecule has 0 spiro atoms. The maximum absolute atomic E-state index is 6.17. The van der Waals surface area contributed by atoms with Crippen molar-refractivity contribution < 1.29 is 4.74 Å². The van der Waals surface area contributed by atoms with E-state index in [0.717, 1.165) is 30.0 Å². The Morgan fingerprint density at radius 1 is 1.12 bits per heavy atom. The molecule has 0 saturated carbocycles. The summed E-state index contributed by atoms with van der Waals surface area (Å²) in [6.07, 6.45) is 5.25. The van der Waals surface area contributed by atoms with E-state index < -0.39 is 0 Å². The van der Waals surface area contributed by atoms with Crippen molar-refractivity contribution in [2.45, 2.75) is 46.2 Å². The number of aromatic nitrogens is 1. The normalized spacial score (nSPS) is 13.0. The number of benzene rings is 1. The molecule has 138 valence electrons. The SMILES string of the molecule is CC(C)N(CCOc1ccc(-c2cccc(N)n2)c2c1CC=C2)C(C)C. The van der Waals surface area contributed by atoms with Crippen LogP contribution in [0.4, 0.5) is 5.82 Å². The van der Waals surface area contributed by atoms with Gasteiger partial charge in [0.05, 0.1) is 5.69 Å². The summed E-state index contributed by atoms with van der Waals surface area (Å²) >= 11 is 0. The summed E-state index contributed by atoms with van der Waals surface area (Å²) in [6, 6.07) is 11.0. The summed E-state index contributed by atoms with van der Waals surface area (Å²) in [5.74, 6) is 1.52. The average Bonchev–Trinajstić information content (AvgIpc) is 3.07. The van der Waals surface area contributed by atoms with Crippen LogP contribution in [0.3, 0.4) is 0 Å². The lowest BCUT2D eigenvalue weighted by molar-refractivity contribution is 0.141. The number of pyridine rings is 1. The van der Waals surface area contributed by atoms with Crippen LogP contribution in [-0.2, 0) is 6.42 Å². The van der Waals surface area contributed by atoms with Crippen LogP contribution in [-0.4, -0.2) is 35.1 Å². The lowest BCUT2D eigenvalue weighted by Crippen LogP contribution is -2.39. The van der Waals surface area contributed by atoms with Gasteiger partial charge in [-0.3, -0.25) is 4.90 Å². The predicted octanol–water partition coefficient (Wildman–Crippen LogP) is 4.40. The van der Waals surface area contributed by atoms with Crippen LogP contribution in [0.1, 0.15) is 38.8 Å². The number of ether oxygens (including phenoxy) is 1. The van der Waals surface area contributed by atoms with Crippen LogP contribution in [0, 0.1) is 0 Å². The van der Waals surface area contributed by atoms with Crippen LogP contribution >= 0.6 is 0 Å². The highest BCUT2D eigenvalue weighted by Crippen LogP contribution is 2.36. The molecule has 4 heteroatoms. The molecule has 2 aromatic rings. The summed E-state index contributed by atoms with van der Waals surface area (Å²) in [6.45, 7) is 10.5. The van der Waals surface area contributed by atoms with Crippen molar-refractivity contribution in [1.29, 1.82) is 0 Å². The maximum atomic E-state index is 6.17. The molecule has 3 rings (SSSR count). The summed E-state index contributed by atoms with van der Waals surface area (Å²) in [5, 5.41) is 0. The topological polar surface area (TPSA) is 51.4 Å². The molecule has 0 saturated heterocycles. The van der Waals surface area contributed by atoms with Gasteiger partial charge in [0, 0.05) is 29.8 Å². The zero-order chi connectivity index (χ0) is 18.7. The van der Waals surface area contributed by atoms with E-state index in [-0.39, 0.29) is 0 Å². The van der Waals surface area contributed by atoms with Crippen LogP contribution in [0.15, 0.2) is 36.4 Å². The third kappa shape index (κ3) is 3.91. The molecule has 2 N–H and O–H groups in total. The number of anilines is 1. The second-order valence-corrected chi connectivity index (χ2v) is 7.33. The predicted molar refractivity (Wildman–Crippen MR) is 109 cm³/mol. The summed E-state index contributed by atoms with van der Waals surface area (Å²) < 4.78 is 6.17. The lowest BCUT2D eigenvalue weighted by Gasteiger charge is -2.30. The number of allylic oxidation sites excluding steroid dienone is 1. The molecular weight excluding hydrogens is 322 g/mol. The Labute approximate surface area is 156 Å². The molecule has 0 aliphatic heterocycles. The van der Waals surface area contributed by atoms with Gasteiger partial charge < -0.3 is 10.5 Å². The molecule has 1 aliphatic rings. The fourth-order valence-electron chi connectivity index (χ4n) is 3.67. The van der Waals surface area contributed by atoms with Crippen molar-refractivity contribution in [1.82, 2.24) is 9.88 Å². The Bertz CT molecular complexity index is 788. The van der Waals surface area contributed by atoms with E-state index in [9.17, 15) is 0 Å². The van der Waals surface area contributed by atoms with E-state index >= 15 is 0 Å². The molecule has 1 aliphatic carbocycles. The van der Waals surface area contributed by atoms with E-state index in [4.69, 9.17) is 10.5 Å². The Balaban J connectivity index is 1.78. The summed E-state index contributed by atoms with van der Waals surface area (Å²) in [5.41, 5.74) is 10.3. The highest BCUT2D eigenvalue weighted by atomic mass is 16.5. The molecule has 0 fully saturated rings. The van der Waals surface area contributed by atoms with Crippen LogP contribution < -0.4 is 10.5 Å². The first kappa shape index (κ1) is 18.5. The molecule has 0 bridgehead atoms. The van der Waals surface area contributed by atoms with Gasteiger partial charge in [-0.05, 0) is 63.9 Å². The average molecular weight is 351 g/mol. The van der Waals surface area contributed by atoms with E-state index in [0.29, 0.717) is 24.5 Å². The fraction of sp³-hybridized carbons (Fsp3) is 0.409. The zero-order valence-corrected chi connectivity index (χ0v) is 16.2. The summed E-state index contributed by atoms with van der Waals surface area (Å²) in [4.78, 5) is 6.92. The molecule has 26 heavy (non-hydrogen) atoms. The Morgan fingerprint density at radius 2 is 1.88 bits per heavy atom. The smallest absolute Gasteiger partial charge is 0.124 e. The number of nitrogens with two attached hydrogens (primary N) is 1. The van der Waals surface area contributed by atoms with Gasteiger partial charge in [-0.2, -0.15) is 0 Å². The van der Waals surface area contributed by atoms with Crippen LogP contribution in [0.25, 0.3) is 17.3 Å². The van der Waals surface area contributed by atoms with Gasteiger partial charge in [0.15, 0.2) is 0 Å².